The number of ketones is 1. The Balaban J connectivity index is 1.54. The maximum absolute atomic E-state index is 12.6. The maximum atomic E-state index is 12.6. The maximum Gasteiger partial charge on any atom is 0.243 e. The van der Waals surface area contributed by atoms with Gasteiger partial charge in [-0.15, -0.1) is 0 Å². The van der Waals surface area contributed by atoms with E-state index in [-0.39, 0.29) is 15.8 Å². The molecule has 0 radical (unpaired) electrons. The summed E-state index contributed by atoms with van der Waals surface area (Å²) in [5.74, 6) is -0.251. The summed E-state index contributed by atoms with van der Waals surface area (Å²) in [6, 6.07) is 15.0. The van der Waals surface area contributed by atoms with E-state index in [2.05, 4.69) is 15.8 Å². The average Bonchev–Trinajstić information content (AvgIpc) is 2.75. The van der Waals surface area contributed by atoms with Crippen LogP contribution in [0.1, 0.15) is 10.4 Å². The number of thiocarbonyl (C=S) groups is 1. The summed E-state index contributed by atoms with van der Waals surface area (Å²) >= 11 is 5.13. The molecule has 0 spiro atoms. The summed E-state index contributed by atoms with van der Waals surface area (Å²) in [5, 5.41) is 6.87. The van der Waals surface area contributed by atoms with Gasteiger partial charge in [0, 0.05) is 24.3 Å². The van der Waals surface area contributed by atoms with Crippen LogP contribution in [0.4, 0.5) is 5.69 Å². The first-order valence-corrected chi connectivity index (χ1v) is 10.7. The Kier molecular flexibility index (Phi) is 7.04. The van der Waals surface area contributed by atoms with Crippen molar-refractivity contribution >= 4 is 45.0 Å². The van der Waals surface area contributed by atoms with Crippen LogP contribution in [-0.4, -0.2) is 56.1 Å². The molecule has 2 aromatic carbocycles. The highest BCUT2D eigenvalue weighted by atomic mass is 32.2. The molecular weight excluding hydrogens is 412 g/mol. The minimum absolute atomic E-state index is 0.172. The number of hydrazone groups is 1. The summed E-state index contributed by atoms with van der Waals surface area (Å²) in [5.41, 5.74) is 3.67. The lowest BCUT2D eigenvalue weighted by Crippen LogP contribution is -2.40. The summed E-state index contributed by atoms with van der Waals surface area (Å²) in [6.07, 6.45) is 1.14. The van der Waals surface area contributed by atoms with Gasteiger partial charge in [-0.25, -0.2) is 8.42 Å². The van der Waals surface area contributed by atoms with Crippen LogP contribution < -0.4 is 10.7 Å². The third-order valence-corrected chi connectivity index (χ3v) is 6.23. The number of ether oxygens (including phenoxy) is 1. The van der Waals surface area contributed by atoms with Crippen molar-refractivity contribution < 1.29 is 17.9 Å². The monoisotopic (exact) mass is 432 g/mol. The highest BCUT2D eigenvalue weighted by molar-refractivity contribution is 7.89. The van der Waals surface area contributed by atoms with Gasteiger partial charge in [0.25, 0.3) is 0 Å². The Morgan fingerprint density at radius 3 is 2.38 bits per heavy atom. The molecule has 0 aliphatic carbocycles. The van der Waals surface area contributed by atoms with Crippen molar-refractivity contribution in [3.05, 3.63) is 60.2 Å². The van der Waals surface area contributed by atoms with Gasteiger partial charge in [0.15, 0.2) is 5.11 Å². The van der Waals surface area contributed by atoms with Crippen LogP contribution in [0.2, 0.25) is 0 Å². The van der Waals surface area contributed by atoms with Gasteiger partial charge in [-0.1, -0.05) is 30.3 Å². The van der Waals surface area contributed by atoms with Crippen molar-refractivity contribution in [3.8, 4) is 0 Å². The molecule has 0 atom stereocenters. The smallest absolute Gasteiger partial charge is 0.243 e. The second-order valence-corrected chi connectivity index (χ2v) is 8.44. The van der Waals surface area contributed by atoms with E-state index >= 15 is 0 Å². The molecule has 2 N–H and O–H groups in total. The standard InChI is InChI=1S/C19H20N4O4S2/c24-18(15-4-2-1-3-5-15)14-20-22-19(28)21-16-6-8-17(9-7-16)29(25,26)23-10-12-27-13-11-23/h1-9,14H,10-13H2,(H2,21,22,28)/b20-14-. The van der Waals surface area contributed by atoms with E-state index in [9.17, 15) is 13.2 Å². The van der Waals surface area contributed by atoms with Gasteiger partial charge in [0.2, 0.25) is 15.8 Å². The number of rotatable bonds is 6. The second-order valence-electron chi connectivity index (χ2n) is 6.10. The number of nitrogens with zero attached hydrogens (tertiary/aromatic N) is 2. The van der Waals surface area contributed by atoms with Crippen molar-refractivity contribution in [2.75, 3.05) is 31.6 Å². The van der Waals surface area contributed by atoms with Crippen molar-refractivity contribution in [1.29, 1.82) is 0 Å². The zero-order valence-electron chi connectivity index (χ0n) is 15.4. The Hall–Kier alpha value is -2.66. The molecule has 3 rings (SSSR count). The predicted molar refractivity (Wildman–Crippen MR) is 115 cm³/mol. The molecule has 0 amide bonds. The molecule has 0 bridgehead atoms. The number of carbonyl (C=O) groups is 1. The fraction of sp³-hybridized carbons (Fsp3) is 0.211. The molecule has 1 aliphatic heterocycles. The first-order chi connectivity index (χ1) is 14.0. The Labute approximate surface area is 174 Å². The Morgan fingerprint density at radius 1 is 1.07 bits per heavy atom. The molecule has 0 saturated carbocycles. The second kappa shape index (κ2) is 9.70. The zero-order valence-corrected chi connectivity index (χ0v) is 17.1. The number of hydrogen-bond acceptors (Lipinski definition) is 6. The van der Waals surface area contributed by atoms with Crippen LogP contribution in [0.3, 0.4) is 0 Å². The Bertz CT molecular complexity index is 987. The van der Waals surface area contributed by atoms with Crippen LogP contribution in [0.15, 0.2) is 64.6 Å². The van der Waals surface area contributed by atoms with Gasteiger partial charge < -0.3 is 10.1 Å². The number of anilines is 1. The van der Waals surface area contributed by atoms with E-state index in [0.29, 0.717) is 37.6 Å². The first-order valence-electron chi connectivity index (χ1n) is 8.84. The third-order valence-electron chi connectivity index (χ3n) is 4.13. The van der Waals surface area contributed by atoms with E-state index in [1.807, 2.05) is 6.07 Å². The summed E-state index contributed by atoms with van der Waals surface area (Å²) in [7, 11) is -3.54. The highest BCUT2D eigenvalue weighted by Crippen LogP contribution is 2.19. The number of hydrogen-bond donors (Lipinski definition) is 2. The van der Waals surface area contributed by atoms with Crippen LogP contribution in [0.5, 0.6) is 0 Å². The lowest BCUT2D eigenvalue weighted by Gasteiger charge is -2.26. The molecule has 1 aliphatic rings. The van der Waals surface area contributed by atoms with Crippen molar-refractivity contribution in [2.24, 2.45) is 5.10 Å². The summed E-state index contributed by atoms with van der Waals surface area (Å²) in [4.78, 5) is 12.1. The normalized spacial score (nSPS) is 15.2. The average molecular weight is 433 g/mol. The summed E-state index contributed by atoms with van der Waals surface area (Å²) < 4.78 is 31.8. The number of carbonyl (C=O) groups excluding carboxylic acids is 1. The van der Waals surface area contributed by atoms with Crippen LogP contribution in [0, 0.1) is 0 Å². The predicted octanol–water partition coefficient (Wildman–Crippen LogP) is 1.86. The van der Waals surface area contributed by atoms with Crippen molar-refractivity contribution in [2.45, 2.75) is 4.90 Å². The van der Waals surface area contributed by atoms with E-state index < -0.39 is 10.0 Å². The molecule has 0 aromatic heterocycles. The van der Waals surface area contributed by atoms with Crippen molar-refractivity contribution in [3.63, 3.8) is 0 Å². The van der Waals surface area contributed by atoms with Gasteiger partial charge in [0.1, 0.15) is 0 Å². The zero-order chi connectivity index (χ0) is 20.7. The quantitative estimate of drug-likeness (QED) is 0.311. The lowest BCUT2D eigenvalue weighted by atomic mass is 10.1. The fourth-order valence-electron chi connectivity index (χ4n) is 2.63. The lowest BCUT2D eigenvalue weighted by molar-refractivity contribution is 0.0730. The number of benzene rings is 2. The Morgan fingerprint density at radius 2 is 1.72 bits per heavy atom. The van der Waals surface area contributed by atoms with Gasteiger partial charge >= 0.3 is 0 Å². The van der Waals surface area contributed by atoms with E-state index in [1.54, 1.807) is 36.4 Å². The molecule has 1 fully saturated rings. The van der Waals surface area contributed by atoms with Gasteiger partial charge in [0.05, 0.1) is 24.3 Å². The molecule has 29 heavy (non-hydrogen) atoms. The van der Waals surface area contributed by atoms with E-state index in [1.165, 1.54) is 16.4 Å². The van der Waals surface area contributed by atoms with Gasteiger partial charge in [-0.3, -0.25) is 10.2 Å². The van der Waals surface area contributed by atoms with Crippen LogP contribution >= 0.6 is 12.2 Å². The number of sulfonamides is 1. The molecule has 1 saturated heterocycles. The van der Waals surface area contributed by atoms with Crippen LogP contribution in [-0.2, 0) is 14.8 Å². The fourth-order valence-corrected chi connectivity index (χ4v) is 4.21. The van der Waals surface area contributed by atoms with E-state index in [0.717, 1.165) is 6.21 Å². The van der Waals surface area contributed by atoms with E-state index in [4.69, 9.17) is 17.0 Å². The molecule has 1 heterocycles. The number of nitrogens with one attached hydrogen (secondary N) is 2. The minimum Gasteiger partial charge on any atom is -0.379 e. The van der Waals surface area contributed by atoms with Crippen molar-refractivity contribution in [1.82, 2.24) is 9.73 Å². The SMILES string of the molecule is O=C(/C=N\NC(=S)Nc1ccc(S(=O)(=O)N2CCOCC2)cc1)c1ccccc1. The van der Waals surface area contributed by atoms with Gasteiger partial charge in [-0.05, 0) is 36.5 Å². The first kappa shape index (κ1) is 21.1. The molecular formula is C19H20N4O4S2. The molecule has 0 unspecified atom stereocenters. The van der Waals surface area contributed by atoms with Gasteiger partial charge in [-0.2, -0.15) is 9.41 Å². The minimum atomic E-state index is -3.54. The number of morpholine rings is 1. The third kappa shape index (κ3) is 5.67. The summed E-state index contributed by atoms with van der Waals surface area (Å²) in [6.45, 7) is 1.48. The molecule has 10 heteroatoms. The molecule has 8 nitrogen and oxygen atoms in total. The topological polar surface area (TPSA) is 100 Å². The van der Waals surface area contributed by atoms with Crippen LogP contribution in [0.25, 0.3) is 0 Å². The molecule has 152 valence electrons. The highest BCUT2D eigenvalue weighted by Gasteiger charge is 2.26. The largest absolute Gasteiger partial charge is 0.379 e. The number of Topliss-reactive ketones (excluding diaryl/α,β-unsaturated/α-hetero) is 1. The molecule has 2 aromatic rings.